The summed E-state index contributed by atoms with van der Waals surface area (Å²) < 4.78 is 70.6. The Morgan fingerprint density at radius 3 is 0.594 bits per heavy atom. The molecule has 15 rings (SSSR count). The molecule has 14 aromatic rings. The van der Waals surface area contributed by atoms with Crippen molar-refractivity contribution in [1.29, 1.82) is 0 Å². The van der Waals surface area contributed by atoms with E-state index in [0.29, 0.717) is 99.1 Å². The molecule has 0 atom stereocenters. The number of carbonyl (C=O) groups excluding carboxylic acids is 8. The molecule has 20 heteroatoms. The first-order valence-electron chi connectivity index (χ1n) is 32.8. The normalized spacial score (nSPS) is 11.6. The zero-order chi connectivity index (χ0) is 73.6. The van der Waals surface area contributed by atoms with Gasteiger partial charge in [-0.15, -0.1) is 0 Å². The second-order valence-corrected chi connectivity index (χ2v) is 24.5. The van der Waals surface area contributed by atoms with Crippen LogP contribution in [0.15, 0.2) is 231 Å². The molecule has 0 unspecified atom stereocenters. The van der Waals surface area contributed by atoms with Crippen LogP contribution in [0.25, 0.3) is 64.6 Å². The third-order valence-electron chi connectivity index (χ3n) is 18.2. The van der Waals surface area contributed by atoms with Gasteiger partial charge in [-0.1, -0.05) is 72.8 Å². The van der Waals surface area contributed by atoms with Crippen molar-refractivity contribution in [2.45, 2.75) is 0 Å². The standard InChI is InChI=1S/C86H56O20/c1-95-63-25-19-45-31-57(13-7-51(45)37-63)81(89)101-71-43-69-73(79(105-85(93)61-17-11-55-41-67(99-5)29-23-49(55)35-61)77(71)103-83(91)59-15-9-53-39-65(97-3)27-21-47(53)33-59)76(88)70-44-72(102-82(90)58-14-8-52-38-64(96-2)26-20-46(52)32-58)78(104-84(92)60-16-10-54-40-66(98-4)28-22-48(54)34-60)80(74(70)75(69)87)106-86(94)62-18-12-56-42-68(100-6)30-24-50(56)36-62/h7-44H,1-6H3. The highest BCUT2D eigenvalue weighted by Crippen LogP contribution is 2.52. The van der Waals surface area contributed by atoms with Crippen molar-refractivity contribution >= 4 is 112 Å². The molecule has 14 aromatic carbocycles. The molecule has 0 N–H and O–H groups in total. The number of carbonyl (C=O) groups is 8. The molecule has 0 saturated heterocycles. The van der Waals surface area contributed by atoms with E-state index in [9.17, 15) is 0 Å². The van der Waals surface area contributed by atoms with Crippen LogP contribution in [0.4, 0.5) is 0 Å². The third-order valence-corrected chi connectivity index (χ3v) is 18.2. The Hall–Kier alpha value is -14.4. The van der Waals surface area contributed by atoms with E-state index in [1.54, 1.807) is 146 Å². The molecule has 0 radical (unpaired) electrons. The van der Waals surface area contributed by atoms with Crippen molar-refractivity contribution in [3.05, 3.63) is 286 Å². The molecule has 520 valence electrons. The summed E-state index contributed by atoms with van der Waals surface area (Å²) in [6.07, 6.45) is 0. The maximum Gasteiger partial charge on any atom is 0.343 e. The van der Waals surface area contributed by atoms with Crippen molar-refractivity contribution in [2.24, 2.45) is 0 Å². The number of hydrogen-bond acceptors (Lipinski definition) is 20. The van der Waals surface area contributed by atoms with Crippen molar-refractivity contribution in [3.8, 4) is 69.0 Å². The van der Waals surface area contributed by atoms with Crippen LogP contribution in [0.5, 0.6) is 69.0 Å². The van der Waals surface area contributed by atoms with E-state index in [1.807, 2.05) is 0 Å². The van der Waals surface area contributed by atoms with Gasteiger partial charge in [-0.2, -0.15) is 0 Å². The number of rotatable bonds is 18. The van der Waals surface area contributed by atoms with Crippen LogP contribution < -0.4 is 56.8 Å². The molecule has 0 spiro atoms. The van der Waals surface area contributed by atoms with Crippen LogP contribution in [-0.2, 0) is 0 Å². The highest BCUT2D eigenvalue weighted by atomic mass is 16.6. The lowest BCUT2D eigenvalue weighted by molar-refractivity contribution is 0.0650. The van der Waals surface area contributed by atoms with Crippen molar-refractivity contribution < 1.29 is 95.2 Å². The van der Waals surface area contributed by atoms with Gasteiger partial charge in [-0.05, 0) is 222 Å². The van der Waals surface area contributed by atoms with Crippen molar-refractivity contribution in [1.82, 2.24) is 0 Å². The molecule has 1 aliphatic rings. The SMILES string of the molecule is COc1ccc2cc(C(=O)Oc3cc4c(c(OC(=O)c5ccc6cc(OC)ccc6c5)c3OC(=O)c3ccc5cc(OC)ccc5c3)C(=O)c3cc(OC(=O)c5ccc6cc(OC)ccc6c5)c(OC(=O)c5ccc6cc(OC)ccc6c5)c(OC(=O)c5ccc6cc(OC)ccc6c5)c3C4=O)ccc2c1. The number of benzene rings is 14. The third kappa shape index (κ3) is 12.9. The summed E-state index contributed by atoms with van der Waals surface area (Å²) >= 11 is 0. The smallest absolute Gasteiger partial charge is 0.343 e. The molecule has 0 heterocycles. The zero-order valence-electron chi connectivity index (χ0n) is 57.1. The minimum Gasteiger partial charge on any atom is -0.497 e. The number of hydrogen-bond donors (Lipinski definition) is 0. The monoisotopic (exact) mass is 1410 g/mol. The second kappa shape index (κ2) is 27.9. The van der Waals surface area contributed by atoms with Crippen molar-refractivity contribution in [2.75, 3.05) is 42.7 Å². The second-order valence-electron chi connectivity index (χ2n) is 24.5. The van der Waals surface area contributed by atoms with Gasteiger partial charge in [0.2, 0.25) is 11.5 Å². The van der Waals surface area contributed by atoms with Gasteiger partial charge in [-0.25, -0.2) is 28.8 Å². The number of ketones is 2. The maximum atomic E-state index is 16.6. The lowest BCUT2D eigenvalue weighted by Crippen LogP contribution is -2.27. The van der Waals surface area contributed by atoms with Crippen LogP contribution >= 0.6 is 0 Å². The molecular formula is C86H56O20. The molecule has 20 nitrogen and oxygen atoms in total. The number of esters is 6. The van der Waals surface area contributed by atoms with Gasteiger partial charge < -0.3 is 56.8 Å². The molecule has 1 aliphatic carbocycles. The van der Waals surface area contributed by atoms with E-state index in [4.69, 9.17) is 56.8 Å². The Kier molecular flexibility index (Phi) is 17.7. The first-order valence-corrected chi connectivity index (χ1v) is 32.8. The summed E-state index contributed by atoms with van der Waals surface area (Å²) in [6, 6.07) is 60.0. The van der Waals surface area contributed by atoms with E-state index in [1.165, 1.54) is 115 Å². The Bertz CT molecular complexity index is 5760. The van der Waals surface area contributed by atoms with Gasteiger partial charge >= 0.3 is 35.8 Å². The topological polar surface area (TPSA) is 247 Å². The van der Waals surface area contributed by atoms with Gasteiger partial charge in [0.05, 0.1) is 87.2 Å². The van der Waals surface area contributed by atoms with Crippen molar-refractivity contribution in [3.63, 3.8) is 0 Å². The van der Waals surface area contributed by atoms with Gasteiger partial charge in [0.1, 0.15) is 34.5 Å². The van der Waals surface area contributed by atoms with Gasteiger partial charge in [0, 0.05) is 11.1 Å². The van der Waals surface area contributed by atoms with Crippen LogP contribution in [-0.4, -0.2) is 90.0 Å². The maximum absolute atomic E-state index is 16.6. The first-order chi connectivity index (χ1) is 51.4. The summed E-state index contributed by atoms with van der Waals surface area (Å²) in [5.41, 5.74) is -3.50. The fourth-order valence-electron chi connectivity index (χ4n) is 12.6. The Morgan fingerprint density at radius 2 is 0.387 bits per heavy atom. The zero-order valence-corrected chi connectivity index (χ0v) is 57.1. The predicted octanol–water partition coefficient (Wildman–Crippen LogP) is 16.7. The van der Waals surface area contributed by atoms with Gasteiger partial charge in [-0.3, -0.25) is 9.59 Å². The largest absolute Gasteiger partial charge is 0.497 e. The minimum atomic E-state index is -1.23. The minimum absolute atomic E-state index is 0.0673. The van der Waals surface area contributed by atoms with Crippen LogP contribution in [0.1, 0.15) is 94.0 Å². The Morgan fingerprint density at radius 1 is 0.208 bits per heavy atom. The average Bonchev–Trinajstić information content (AvgIpc) is 0.716. The fourth-order valence-corrected chi connectivity index (χ4v) is 12.6. The summed E-state index contributed by atoms with van der Waals surface area (Å²) in [4.78, 5) is 124. The van der Waals surface area contributed by atoms with Crippen LogP contribution in [0.2, 0.25) is 0 Å². The quantitative estimate of drug-likeness (QED) is 0.0572. The summed E-state index contributed by atoms with van der Waals surface area (Å²) in [5, 5.41) is 7.27. The summed E-state index contributed by atoms with van der Waals surface area (Å²) in [6.45, 7) is 0. The average molecular weight is 1410 g/mol. The first kappa shape index (κ1) is 67.4. The lowest BCUT2D eigenvalue weighted by atomic mass is 9.82. The molecule has 0 bridgehead atoms. The van der Waals surface area contributed by atoms with E-state index in [0.717, 1.165) is 12.1 Å². The Balaban J connectivity index is 0.958. The summed E-state index contributed by atoms with van der Waals surface area (Å²) in [7, 11) is 9.02. The summed E-state index contributed by atoms with van der Waals surface area (Å²) in [5.74, 6) is -11.2. The van der Waals surface area contributed by atoms with E-state index >= 15 is 38.4 Å². The number of fused-ring (bicyclic) bond motifs is 8. The van der Waals surface area contributed by atoms with Crippen LogP contribution in [0, 0.1) is 0 Å². The van der Waals surface area contributed by atoms with E-state index < -0.39 is 104 Å². The molecule has 0 aromatic heterocycles. The molecule has 0 fully saturated rings. The molecule has 0 amide bonds. The van der Waals surface area contributed by atoms with Crippen LogP contribution in [0.3, 0.4) is 0 Å². The molecular weight excluding hydrogens is 1350 g/mol. The Labute approximate surface area is 602 Å². The number of ether oxygens (including phenoxy) is 12. The molecule has 106 heavy (non-hydrogen) atoms. The lowest BCUT2D eigenvalue weighted by Gasteiger charge is -2.26. The highest BCUT2D eigenvalue weighted by Gasteiger charge is 2.44. The van der Waals surface area contributed by atoms with Gasteiger partial charge in [0.15, 0.2) is 34.6 Å². The molecule has 0 saturated carbocycles. The predicted molar refractivity (Wildman–Crippen MR) is 393 cm³/mol. The highest BCUT2D eigenvalue weighted by molar-refractivity contribution is 6.32. The number of methoxy groups -OCH3 is 6. The molecule has 0 aliphatic heterocycles. The van der Waals surface area contributed by atoms with Gasteiger partial charge in [0.25, 0.3) is 0 Å². The fraction of sp³-hybridized carbons (Fsp3) is 0.0698. The van der Waals surface area contributed by atoms with E-state index in [2.05, 4.69) is 0 Å². The van der Waals surface area contributed by atoms with E-state index in [-0.39, 0.29) is 33.4 Å².